The first kappa shape index (κ1) is 14.5. The summed E-state index contributed by atoms with van der Waals surface area (Å²) in [4.78, 5) is 14.4. The Morgan fingerprint density at radius 1 is 1.38 bits per heavy atom. The molecule has 3 rings (SSSR count). The number of nitrogens with zero attached hydrogens (tertiary/aromatic N) is 1. The van der Waals surface area contributed by atoms with Crippen molar-refractivity contribution in [1.29, 1.82) is 0 Å². The van der Waals surface area contributed by atoms with Crippen LogP contribution >= 0.6 is 0 Å². The zero-order valence-electron chi connectivity index (χ0n) is 12.1. The Hall–Kier alpha value is -1.46. The van der Waals surface area contributed by atoms with E-state index in [1.165, 1.54) is 12.1 Å². The molecule has 1 N–H and O–H groups in total. The molecule has 0 aliphatic carbocycles. The number of nitrogens with one attached hydrogen (secondary N) is 1. The molecule has 2 unspecified atom stereocenters. The molecule has 1 aromatic rings. The van der Waals surface area contributed by atoms with Crippen LogP contribution in [-0.4, -0.2) is 43.1 Å². The van der Waals surface area contributed by atoms with E-state index in [-0.39, 0.29) is 23.9 Å². The van der Waals surface area contributed by atoms with Gasteiger partial charge in [-0.25, -0.2) is 4.39 Å². The lowest BCUT2D eigenvalue weighted by molar-refractivity contribution is -0.141. The van der Waals surface area contributed by atoms with Crippen molar-refractivity contribution >= 4 is 5.91 Å². The van der Waals surface area contributed by atoms with Crippen molar-refractivity contribution < 1.29 is 13.9 Å². The van der Waals surface area contributed by atoms with Gasteiger partial charge in [0.1, 0.15) is 11.9 Å². The van der Waals surface area contributed by atoms with Gasteiger partial charge < -0.3 is 15.0 Å². The summed E-state index contributed by atoms with van der Waals surface area (Å²) in [7, 11) is 0. The van der Waals surface area contributed by atoms with E-state index in [0.717, 1.165) is 31.4 Å². The molecule has 2 atom stereocenters. The number of piperidine rings is 1. The maximum Gasteiger partial charge on any atom is 0.239 e. The van der Waals surface area contributed by atoms with Gasteiger partial charge in [-0.1, -0.05) is 18.6 Å². The van der Waals surface area contributed by atoms with Gasteiger partial charge in [0.15, 0.2) is 0 Å². The highest BCUT2D eigenvalue weighted by molar-refractivity contribution is 5.82. The fourth-order valence-electron chi connectivity index (χ4n) is 3.04. The Labute approximate surface area is 124 Å². The summed E-state index contributed by atoms with van der Waals surface area (Å²) in [6.07, 6.45) is 2.91. The first-order valence-electron chi connectivity index (χ1n) is 7.63. The van der Waals surface area contributed by atoms with E-state index in [9.17, 15) is 9.18 Å². The van der Waals surface area contributed by atoms with Crippen LogP contribution in [-0.2, 0) is 9.53 Å². The van der Waals surface area contributed by atoms with Gasteiger partial charge in [-0.15, -0.1) is 0 Å². The summed E-state index contributed by atoms with van der Waals surface area (Å²) in [5.41, 5.74) is 0.795. The minimum atomic E-state index is -0.270. The number of rotatable bonds is 2. The van der Waals surface area contributed by atoms with Crippen molar-refractivity contribution in [1.82, 2.24) is 10.2 Å². The largest absolute Gasteiger partial charge is 0.370 e. The molecule has 0 radical (unpaired) electrons. The van der Waals surface area contributed by atoms with E-state index in [1.54, 1.807) is 6.07 Å². The van der Waals surface area contributed by atoms with Crippen molar-refractivity contribution in [2.24, 2.45) is 0 Å². The molecule has 0 saturated carbocycles. The summed E-state index contributed by atoms with van der Waals surface area (Å²) < 4.78 is 19.0. The van der Waals surface area contributed by atoms with Crippen LogP contribution in [0.3, 0.4) is 0 Å². The average Bonchev–Trinajstić information content (AvgIpc) is 2.55. The number of ether oxygens (including phenoxy) is 1. The quantitative estimate of drug-likeness (QED) is 0.905. The molecule has 2 aliphatic heterocycles. The molecule has 1 amide bonds. The maximum atomic E-state index is 13.3. The van der Waals surface area contributed by atoms with Crippen LogP contribution in [0.25, 0.3) is 0 Å². The second-order valence-corrected chi connectivity index (χ2v) is 5.70. The zero-order chi connectivity index (χ0) is 14.7. The number of halogens is 1. The molecule has 1 aromatic carbocycles. The molecule has 2 saturated heterocycles. The van der Waals surface area contributed by atoms with E-state index < -0.39 is 0 Å². The van der Waals surface area contributed by atoms with Crippen LogP contribution in [0.15, 0.2) is 24.3 Å². The number of amides is 1. The highest BCUT2D eigenvalue weighted by atomic mass is 19.1. The van der Waals surface area contributed by atoms with Gasteiger partial charge in [-0.3, -0.25) is 4.79 Å². The number of hydrogen-bond donors (Lipinski definition) is 1. The molecule has 21 heavy (non-hydrogen) atoms. The normalized spacial score (nSPS) is 26.6. The van der Waals surface area contributed by atoms with E-state index >= 15 is 0 Å². The third-order valence-electron chi connectivity index (χ3n) is 4.21. The molecular formula is C16H21FN2O2. The average molecular weight is 292 g/mol. The predicted octanol–water partition coefficient (Wildman–Crippen LogP) is 1.87. The molecule has 0 spiro atoms. The van der Waals surface area contributed by atoms with Gasteiger partial charge in [0.25, 0.3) is 0 Å². The van der Waals surface area contributed by atoms with E-state index in [0.29, 0.717) is 19.7 Å². The predicted molar refractivity (Wildman–Crippen MR) is 77.3 cm³/mol. The van der Waals surface area contributed by atoms with Gasteiger partial charge in [-0.05, 0) is 37.1 Å². The molecule has 2 fully saturated rings. The van der Waals surface area contributed by atoms with E-state index in [4.69, 9.17) is 4.74 Å². The lowest BCUT2D eigenvalue weighted by atomic mass is 10.0. The monoisotopic (exact) mass is 292 g/mol. The molecule has 2 aliphatic rings. The minimum absolute atomic E-state index is 0.0648. The Balaban J connectivity index is 1.66. The third-order valence-corrected chi connectivity index (χ3v) is 4.21. The number of morpholine rings is 1. The summed E-state index contributed by atoms with van der Waals surface area (Å²) in [5.74, 6) is -0.118. The Morgan fingerprint density at radius 2 is 2.29 bits per heavy atom. The van der Waals surface area contributed by atoms with Crippen molar-refractivity contribution in [2.75, 3.05) is 26.2 Å². The summed E-state index contributed by atoms with van der Waals surface area (Å²) in [5, 5.41) is 3.29. The van der Waals surface area contributed by atoms with Gasteiger partial charge in [-0.2, -0.15) is 0 Å². The summed E-state index contributed by atoms with van der Waals surface area (Å²) in [6.45, 7) is 2.52. The van der Waals surface area contributed by atoms with E-state index in [2.05, 4.69) is 5.32 Å². The fourth-order valence-corrected chi connectivity index (χ4v) is 3.04. The summed E-state index contributed by atoms with van der Waals surface area (Å²) >= 11 is 0. The number of carbonyl (C=O) groups is 1. The van der Waals surface area contributed by atoms with E-state index in [1.807, 2.05) is 11.0 Å². The lowest BCUT2D eigenvalue weighted by Gasteiger charge is -2.36. The minimum Gasteiger partial charge on any atom is -0.370 e. The van der Waals surface area contributed by atoms with Crippen LogP contribution in [0.1, 0.15) is 30.9 Å². The zero-order valence-corrected chi connectivity index (χ0v) is 12.1. The van der Waals surface area contributed by atoms with Crippen molar-refractivity contribution in [3.63, 3.8) is 0 Å². The van der Waals surface area contributed by atoms with Crippen LogP contribution in [0.4, 0.5) is 4.39 Å². The SMILES string of the molecule is O=C(C1CCCCN1)N1CCOC(c2cccc(F)c2)C1. The van der Waals surface area contributed by atoms with Crippen molar-refractivity contribution in [3.8, 4) is 0 Å². The van der Waals surface area contributed by atoms with Crippen LogP contribution < -0.4 is 5.32 Å². The molecule has 5 heteroatoms. The fraction of sp³-hybridized carbons (Fsp3) is 0.562. The van der Waals surface area contributed by atoms with Crippen LogP contribution in [0.2, 0.25) is 0 Å². The second-order valence-electron chi connectivity index (χ2n) is 5.70. The maximum absolute atomic E-state index is 13.3. The van der Waals surface area contributed by atoms with Gasteiger partial charge >= 0.3 is 0 Å². The number of hydrogen-bond acceptors (Lipinski definition) is 3. The highest BCUT2D eigenvalue weighted by Crippen LogP contribution is 2.24. The summed E-state index contributed by atoms with van der Waals surface area (Å²) in [6, 6.07) is 6.36. The number of carbonyl (C=O) groups excluding carboxylic acids is 1. The molecule has 0 bridgehead atoms. The highest BCUT2D eigenvalue weighted by Gasteiger charge is 2.30. The molecule has 0 aromatic heterocycles. The molecular weight excluding hydrogens is 271 g/mol. The van der Waals surface area contributed by atoms with Crippen molar-refractivity contribution in [2.45, 2.75) is 31.4 Å². The van der Waals surface area contributed by atoms with Gasteiger partial charge in [0, 0.05) is 6.54 Å². The Bertz CT molecular complexity index is 503. The van der Waals surface area contributed by atoms with Crippen molar-refractivity contribution in [3.05, 3.63) is 35.6 Å². The molecule has 2 heterocycles. The first-order valence-corrected chi connectivity index (χ1v) is 7.63. The van der Waals surface area contributed by atoms with Crippen LogP contribution in [0, 0.1) is 5.82 Å². The molecule has 114 valence electrons. The topological polar surface area (TPSA) is 41.6 Å². The Morgan fingerprint density at radius 3 is 3.05 bits per heavy atom. The van der Waals surface area contributed by atoms with Gasteiger partial charge in [0.2, 0.25) is 5.91 Å². The standard InChI is InChI=1S/C16H21FN2O2/c17-13-5-3-4-12(10-13)15-11-19(8-9-21-15)16(20)14-6-1-2-7-18-14/h3-5,10,14-15,18H,1-2,6-9,11H2. The number of benzene rings is 1. The Kier molecular flexibility index (Phi) is 4.51. The smallest absolute Gasteiger partial charge is 0.239 e. The van der Waals surface area contributed by atoms with Gasteiger partial charge in [0.05, 0.1) is 19.2 Å². The third kappa shape index (κ3) is 3.41. The molecule has 4 nitrogen and oxygen atoms in total. The lowest BCUT2D eigenvalue weighted by Crippen LogP contribution is -2.52. The first-order chi connectivity index (χ1) is 10.2. The second kappa shape index (κ2) is 6.54. The van der Waals surface area contributed by atoms with Crippen LogP contribution in [0.5, 0.6) is 0 Å².